The minimum atomic E-state index is -0.988. The molecule has 226 valence electrons. The average molecular weight is 593 g/mol. The van der Waals surface area contributed by atoms with Crippen molar-refractivity contribution in [2.75, 3.05) is 27.3 Å². The summed E-state index contributed by atoms with van der Waals surface area (Å²) in [6.07, 6.45) is 2.04. The molecule has 1 unspecified atom stereocenters. The summed E-state index contributed by atoms with van der Waals surface area (Å²) in [6, 6.07) is 28.1. The van der Waals surface area contributed by atoms with E-state index < -0.39 is 5.97 Å². The SMILES string of the molecule is COc1ccc(CCN(CCC(=O)O)C(=O)c2ccccc2-c2ccccc2C(=O)NC2CCc3ccccc32)cc1OC. The van der Waals surface area contributed by atoms with Crippen LogP contribution in [0.3, 0.4) is 0 Å². The number of carbonyl (C=O) groups is 3. The normalized spacial score (nSPS) is 13.5. The summed E-state index contributed by atoms with van der Waals surface area (Å²) < 4.78 is 10.7. The molecule has 8 nitrogen and oxygen atoms in total. The van der Waals surface area contributed by atoms with Gasteiger partial charge in [-0.05, 0) is 71.3 Å². The van der Waals surface area contributed by atoms with E-state index in [1.165, 1.54) is 5.56 Å². The van der Waals surface area contributed by atoms with Crippen molar-refractivity contribution in [3.05, 3.63) is 119 Å². The predicted octanol–water partition coefficient (Wildman–Crippen LogP) is 5.95. The Bertz CT molecular complexity index is 1670. The molecule has 0 spiro atoms. The standard InChI is InChI=1S/C36H36N2O6/c1-43-32-18-15-24(23-33(32)44-2)19-21-38(22-20-34(39)40)36(42)30-14-8-6-12-28(30)27-11-5-7-13-29(27)35(41)37-31-17-16-25-9-3-4-10-26(25)31/h3-15,18,23,31H,16-17,19-22H2,1-2H3,(H,37,41)(H,39,40). The zero-order valence-corrected chi connectivity index (χ0v) is 24.9. The van der Waals surface area contributed by atoms with Gasteiger partial charge in [-0.2, -0.15) is 0 Å². The Morgan fingerprint density at radius 3 is 2.20 bits per heavy atom. The van der Waals surface area contributed by atoms with Gasteiger partial charge in [-0.1, -0.05) is 66.7 Å². The number of methoxy groups -OCH3 is 2. The predicted molar refractivity (Wildman–Crippen MR) is 168 cm³/mol. The second-order valence-corrected chi connectivity index (χ2v) is 10.7. The van der Waals surface area contributed by atoms with Gasteiger partial charge in [-0.25, -0.2) is 0 Å². The van der Waals surface area contributed by atoms with Gasteiger partial charge < -0.3 is 24.8 Å². The van der Waals surface area contributed by atoms with Gasteiger partial charge in [0.25, 0.3) is 11.8 Å². The highest BCUT2D eigenvalue weighted by molar-refractivity contribution is 6.06. The molecule has 0 saturated carbocycles. The minimum Gasteiger partial charge on any atom is -0.493 e. The van der Waals surface area contributed by atoms with Crippen LogP contribution in [-0.2, 0) is 17.6 Å². The van der Waals surface area contributed by atoms with Gasteiger partial charge in [-0.3, -0.25) is 14.4 Å². The van der Waals surface area contributed by atoms with Crippen molar-refractivity contribution >= 4 is 17.8 Å². The number of amides is 2. The summed E-state index contributed by atoms with van der Waals surface area (Å²) in [5.41, 5.74) is 5.42. The monoisotopic (exact) mass is 592 g/mol. The van der Waals surface area contributed by atoms with Gasteiger partial charge in [-0.15, -0.1) is 0 Å². The second-order valence-electron chi connectivity index (χ2n) is 10.7. The van der Waals surface area contributed by atoms with E-state index in [-0.39, 0.29) is 30.8 Å². The first-order valence-electron chi connectivity index (χ1n) is 14.7. The molecule has 0 aromatic heterocycles. The molecule has 1 atom stereocenters. The molecule has 4 aromatic rings. The smallest absolute Gasteiger partial charge is 0.305 e. The van der Waals surface area contributed by atoms with E-state index in [9.17, 15) is 19.5 Å². The first-order chi connectivity index (χ1) is 21.4. The number of hydrogen-bond acceptors (Lipinski definition) is 5. The number of benzene rings is 4. The molecule has 2 amide bonds. The van der Waals surface area contributed by atoms with Crippen molar-refractivity contribution in [3.8, 4) is 22.6 Å². The van der Waals surface area contributed by atoms with E-state index in [4.69, 9.17) is 9.47 Å². The van der Waals surface area contributed by atoms with Gasteiger partial charge in [0.15, 0.2) is 11.5 Å². The van der Waals surface area contributed by atoms with Crippen molar-refractivity contribution < 1.29 is 29.0 Å². The van der Waals surface area contributed by atoms with Crippen LogP contribution in [0.4, 0.5) is 0 Å². The number of aliphatic carboxylic acids is 1. The Balaban J connectivity index is 1.41. The molecular weight excluding hydrogens is 556 g/mol. The van der Waals surface area contributed by atoms with Crippen LogP contribution in [0.15, 0.2) is 91.0 Å². The lowest BCUT2D eigenvalue weighted by molar-refractivity contribution is -0.137. The molecule has 44 heavy (non-hydrogen) atoms. The van der Waals surface area contributed by atoms with Crippen LogP contribution in [0, 0.1) is 0 Å². The summed E-state index contributed by atoms with van der Waals surface area (Å²) in [7, 11) is 3.13. The van der Waals surface area contributed by atoms with Crippen LogP contribution in [0.5, 0.6) is 11.5 Å². The molecule has 0 radical (unpaired) electrons. The Kier molecular flexibility index (Phi) is 9.59. The summed E-state index contributed by atoms with van der Waals surface area (Å²) in [5.74, 6) is -0.320. The van der Waals surface area contributed by atoms with E-state index in [0.29, 0.717) is 46.7 Å². The Morgan fingerprint density at radius 2 is 1.48 bits per heavy atom. The first-order valence-corrected chi connectivity index (χ1v) is 14.7. The van der Waals surface area contributed by atoms with Crippen molar-refractivity contribution in [2.24, 2.45) is 0 Å². The number of fused-ring (bicyclic) bond motifs is 1. The first kappa shape index (κ1) is 30.4. The molecule has 0 heterocycles. The van der Waals surface area contributed by atoms with Crippen LogP contribution >= 0.6 is 0 Å². The van der Waals surface area contributed by atoms with Crippen molar-refractivity contribution in [1.29, 1.82) is 0 Å². The van der Waals surface area contributed by atoms with Crippen molar-refractivity contribution in [3.63, 3.8) is 0 Å². The fourth-order valence-corrected chi connectivity index (χ4v) is 5.78. The second kappa shape index (κ2) is 13.9. The summed E-state index contributed by atoms with van der Waals surface area (Å²) in [4.78, 5) is 40.8. The van der Waals surface area contributed by atoms with Crippen LogP contribution in [-0.4, -0.2) is 55.1 Å². The third-order valence-electron chi connectivity index (χ3n) is 8.06. The number of aryl methyl sites for hydroxylation is 1. The largest absolute Gasteiger partial charge is 0.493 e. The highest BCUT2D eigenvalue weighted by atomic mass is 16.5. The van der Waals surface area contributed by atoms with E-state index in [1.54, 1.807) is 43.4 Å². The summed E-state index contributed by atoms with van der Waals surface area (Å²) in [6.45, 7) is 0.332. The molecule has 0 fully saturated rings. The number of carbonyl (C=O) groups excluding carboxylic acids is 2. The van der Waals surface area contributed by atoms with Gasteiger partial charge in [0.05, 0.1) is 26.7 Å². The number of rotatable bonds is 12. The Morgan fingerprint density at radius 1 is 0.818 bits per heavy atom. The number of nitrogens with zero attached hydrogens (tertiary/aromatic N) is 1. The molecule has 1 aliphatic rings. The lowest BCUT2D eigenvalue weighted by atomic mass is 9.94. The Hall–Kier alpha value is -5.11. The van der Waals surface area contributed by atoms with Crippen molar-refractivity contribution in [1.82, 2.24) is 10.2 Å². The number of hydrogen-bond donors (Lipinski definition) is 2. The van der Waals surface area contributed by atoms with E-state index in [0.717, 1.165) is 24.0 Å². The lowest BCUT2D eigenvalue weighted by Crippen LogP contribution is -2.35. The molecule has 0 aliphatic heterocycles. The maximum atomic E-state index is 14.1. The number of carboxylic acids is 1. The van der Waals surface area contributed by atoms with Gasteiger partial charge in [0.2, 0.25) is 0 Å². The molecule has 4 aromatic carbocycles. The third-order valence-corrected chi connectivity index (χ3v) is 8.06. The number of carboxylic acid groups (broad SMARTS) is 1. The Labute approximate surface area is 257 Å². The van der Waals surface area contributed by atoms with E-state index in [1.807, 2.05) is 54.6 Å². The van der Waals surface area contributed by atoms with Crippen LogP contribution in [0.2, 0.25) is 0 Å². The summed E-state index contributed by atoms with van der Waals surface area (Å²) >= 11 is 0. The van der Waals surface area contributed by atoms with Crippen LogP contribution in [0.1, 0.15) is 56.3 Å². The fraction of sp³-hybridized carbons (Fsp3) is 0.250. The average Bonchev–Trinajstić information content (AvgIpc) is 3.46. The molecule has 8 heteroatoms. The third kappa shape index (κ3) is 6.75. The number of ether oxygens (including phenoxy) is 2. The van der Waals surface area contributed by atoms with Gasteiger partial charge in [0, 0.05) is 24.2 Å². The quantitative estimate of drug-likeness (QED) is 0.211. The maximum absolute atomic E-state index is 14.1. The highest BCUT2D eigenvalue weighted by Crippen LogP contribution is 2.33. The van der Waals surface area contributed by atoms with E-state index >= 15 is 0 Å². The molecule has 5 rings (SSSR count). The zero-order valence-electron chi connectivity index (χ0n) is 24.9. The lowest BCUT2D eigenvalue weighted by Gasteiger charge is -2.24. The molecular formula is C36H36N2O6. The topological polar surface area (TPSA) is 105 Å². The fourth-order valence-electron chi connectivity index (χ4n) is 5.78. The summed E-state index contributed by atoms with van der Waals surface area (Å²) in [5, 5.41) is 12.6. The zero-order chi connectivity index (χ0) is 31.1. The molecule has 1 aliphatic carbocycles. The number of nitrogens with one attached hydrogen (secondary N) is 1. The molecule has 0 saturated heterocycles. The maximum Gasteiger partial charge on any atom is 0.305 e. The van der Waals surface area contributed by atoms with E-state index in [2.05, 4.69) is 17.4 Å². The van der Waals surface area contributed by atoms with Crippen LogP contribution in [0.25, 0.3) is 11.1 Å². The van der Waals surface area contributed by atoms with Gasteiger partial charge in [0.1, 0.15) is 0 Å². The molecule has 0 bridgehead atoms. The highest BCUT2D eigenvalue weighted by Gasteiger charge is 2.26. The molecule has 2 N–H and O–H groups in total. The van der Waals surface area contributed by atoms with Crippen molar-refractivity contribution in [2.45, 2.75) is 31.7 Å². The van der Waals surface area contributed by atoms with Crippen LogP contribution < -0.4 is 14.8 Å². The van der Waals surface area contributed by atoms with Gasteiger partial charge >= 0.3 is 5.97 Å². The minimum absolute atomic E-state index is 0.0407.